The fraction of sp³-hybridized carbons (Fsp3) is 0.667. The number of rotatable bonds is 2. The van der Waals surface area contributed by atoms with Gasteiger partial charge in [-0.1, -0.05) is 6.42 Å². The van der Waals surface area contributed by atoms with Gasteiger partial charge in [0.2, 0.25) is 5.91 Å². The van der Waals surface area contributed by atoms with Crippen LogP contribution in [0.15, 0.2) is 6.20 Å². The summed E-state index contributed by atoms with van der Waals surface area (Å²) >= 11 is 0. The van der Waals surface area contributed by atoms with Gasteiger partial charge < -0.3 is 15.5 Å². The summed E-state index contributed by atoms with van der Waals surface area (Å²) in [6.07, 6.45) is 5.75. The van der Waals surface area contributed by atoms with Crippen molar-refractivity contribution in [3.8, 4) is 0 Å². The number of carbonyl (C=O) groups excluding carboxylic acids is 1. The first-order valence-electron chi connectivity index (χ1n) is 9.48. The molecule has 0 bridgehead atoms. The zero-order valence-electron chi connectivity index (χ0n) is 15.6. The number of nitrogens with two attached hydrogens (primary N) is 1. The number of aromatic nitrogens is 4. The average Bonchev–Trinajstić information content (AvgIpc) is 3.01. The van der Waals surface area contributed by atoms with Crippen LogP contribution in [0.2, 0.25) is 0 Å². The molecule has 0 radical (unpaired) electrons. The van der Waals surface area contributed by atoms with Crippen LogP contribution in [-0.2, 0) is 11.8 Å². The second kappa shape index (κ2) is 6.83. The molecule has 2 aromatic heterocycles. The lowest BCUT2D eigenvalue weighted by atomic mass is 9.85. The molecule has 8 heteroatoms. The number of piperazine rings is 1. The largest absolute Gasteiger partial charge is 0.352 e. The number of hydrogen-bond donors (Lipinski definition) is 1. The van der Waals surface area contributed by atoms with E-state index in [9.17, 15) is 4.79 Å². The maximum atomic E-state index is 12.8. The Labute approximate surface area is 153 Å². The third-order valence-electron chi connectivity index (χ3n) is 5.64. The summed E-state index contributed by atoms with van der Waals surface area (Å²) in [6, 6.07) is 0.182. The Balaban J connectivity index is 1.46. The highest BCUT2D eigenvalue weighted by Gasteiger charge is 2.31. The van der Waals surface area contributed by atoms with Gasteiger partial charge >= 0.3 is 0 Å². The molecule has 3 heterocycles. The van der Waals surface area contributed by atoms with Crippen molar-refractivity contribution in [2.75, 3.05) is 31.1 Å². The van der Waals surface area contributed by atoms with E-state index in [-0.39, 0.29) is 17.9 Å². The van der Waals surface area contributed by atoms with Crippen LogP contribution in [0.1, 0.15) is 31.5 Å². The van der Waals surface area contributed by atoms with Gasteiger partial charge in [0.1, 0.15) is 11.6 Å². The van der Waals surface area contributed by atoms with Gasteiger partial charge in [0.15, 0.2) is 5.65 Å². The Morgan fingerprint density at radius 1 is 1.19 bits per heavy atom. The molecule has 0 aromatic carbocycles. The first kappa shape index (κ1) is 17.2. The average molecular weight is 357 g/mol. The third-order valence-corrected chi connectivity index (χ3v) is 5.64. The number of aryl methyl sites for hydroxylation is 2. The molecule has 2 aromatic rings. The topological polar surface area (TPSA) is 93.2 Å². The summed E-state index contributed by atoms with van der Waals surface area (Å²) in [5.74, 6) is 2.06. The summed E-state index contributed by atoms with van der Waals surface area (Å²) in [5, 5.41) is 5.28. The van der Waals surface area contributed by atoms with Crippen LogP contribution in [0.4, 0.5) is 5.82 Å². The van der Waals surface area contributed by atoms with Gasteiger partial charge in [-0.05, 0) is 26.2 Å². The van der Waals surface area contributed by atoms with E-state index in [1.54, 1.807) is 4.68 Å². The molecule has 2 aliphatic rings. The van der Waals surface area contributed by atoms with E-state index in [1.807, 2.05) is 25.1 Å². The van der Waals surface area contributed by atoms with Crippen LogP contribution in [0.5, 0.6) is 0 Å². The molecule has 2 fully saturated rings. The molecule has 1 amide bonds. The van der Waals surface area contributed by atoms with Gasteiger partial charge in [-0.15, -0.1) is 0 Å². The maximum Gasteiger partial charge on any atom is 0.225 e. The Bertz CT molecular complexity index is 809. The Morgan fingerprint density at radius 3 is 2.69 bits per heavy atom. The van der Waals surface area contributed by atoms with Crippen LogP contribution < -0.4 is 10.6 Å². The minimum atomic E-state index is 0.108. The number of amides is 1. The molecule has 2 atom stereocenters. The molecule has 26 heavy (non-hydrogen) atoms. The number of fused-ring (bicyclic) bond motifs is 1. The van der Waals surface area contributed by atoms with Crippen molar-refractivity contribution in [3.63, 3.8) is 0 Å². The van der Waals surface area contributed by atoms with Crippen molar-refractivity contribution < 1.29 is 4.79 Å². The van der Waals surface area contributed by atoms with Gasteiger partial charge in [-0.3, -0.25) is 9.48 Å². The van der Waals surface area contributed by atoms with Gasteiger partial charge in [0, 0.05) is 45.2 Å². The van der Waals surface area contributed by atoms with Crippen molar-refractivity contribution in [2.45, 2.75) is 38.6 Å². The second-order valence-corrected chi connectivity index (χ2v) is 7.54. The molecule has 1 saturated carbocycles. The van der Waals surface area contributed by atoms with Gasteiger partial charge in [-0.25, -0.2) is 9.97 Å². The minimum absolute atomic E-state index is 0.108. The lowest BCUT2D eigenvalue weighted by Crippen LogP contribution is -2.51. The van der Waals surface area contributed by atoms with Gasteiger partial charge in [0.25, 0.3) is 0 Å². The molecule has 1 aliphatic heterocycles. The summed E-state index contributed by atoms with van der Waals surface area (Å²) in [4.78, 5) is 26.2. The number of carbonyl (C=O) groups is 1. The van der Waals surface area contributed by atoms with Crippen LogP contribution in [0.3, 0.4) is 0 Å². The molecule has 1 aliphatic carbocycles. The predicted octanol–water partition coefficient (Wildman–Crippen LogP) is 0.838. The summed E-state index contributed by atoms with van der Waals surface area (Å²) in [7, 11) is 1.89. The van der Waals surface area contributed by atoms with Crippen LogP contribution in [0.25, 0.3) is 11.0 Å². The quantitative estimate of drug-likeness (QED) is 0.856. The molecule has 0 unspecified atom stereocenters. The third kappa shape index (κ3) is 3.13. The van der Waals surface area contributed by atoms with E-state index in [2.05, 4.69) is 20.0 Å². The monoisotopic (exact) mass is 357 g/mol. The van der Waals surface area contributed by atoms with E-state index in [0.29, 0.717) is 0 Å². The normalized spacial score (nSPS) is 24.3. The first-order valence-corrected chi connectivity index (χ1v) is 9.48. The molecule has 1 saturated heterocycles. The Morgan fingerprint density at radius 2 is 1.96 bits per heavy atom. The predicted molar refractivity (Wildman–Crippen MR) is 99.8 cm³/mol. The fourth-order valence-corrected chi connectivity index (χ4v) is 4.20. The highest BCUT2D eigenvalue weighted by Crippen LogP contribution is 2.27. The fourth-order valence-electron chi connectivity index (χ4n) is 4.20. The standard InChI is InChI=1S/C18H27N7O/c1-12-21-16-15(11-20-23(16)2)17(22-12)24-6-8-25(9-7-24)18(26)13-4-3-5-14(19)10-13/h11,13-14H,3-10,19H2,1-2H3/t13-,14-/m0/s1. The van der Waals surface area contributed by atoms with E-state index < -0.39 is 0 Å². The lowest BCUT2D eigenvalue weighted by Gasteiger charge is -2.38. The molecule has 0 spiro atoms. The zero-order valence-corrected chi connectivity index (χ0v) is 15.6. The highest BCUT2D eigenvalue weighted by atomic mass is 16.2. The minimum Gasteiger partial charge on any atom is -0.352 e. The van der Waals surface area contributed by atoms with Crippen LogP contribution in [0, 0.1) is 12.8 Å². The van der Waals surface area contributed by atoms with Crippen molar-refractivity contribution in [1.82, 2.24) is 24.6 Å². The Hall–Kier alpha value is -2.22. The van der Waals surface area contributed by atoms with E-state index in [0.717, 1.165) is 74.5 Å². The van der Waals surface area contributed by atoms with Gasteiger partial charge in [-0.2, -0.15) is 5.10 Å². The Kier molecular flexibility index (Phi) is 4.52. The van der Waals surface area contributed by atoms with E-state index in [4.69, 9.17) is 5.73 Å². The molecule has 140 valence electrons. The molecule has 2 N–H and O–H groups in total. The van der Waals surface area contributed by atoms with Crippen LogP contribution in [-0.4, -0.2) is 62.8 Å². The second-order valence-electron chi connectivity index (χ2n) is 7.54. The number of nitrogens with zero attached hydrogens (tertiary/aromatic N) is 6. The van der Waals surface area contributed by atoms with E-state index in [1.165, 1.54) is 0 Å². The molecular weight excluding hydrogens is 330 g/mol. The van der Waals surface area contributed by atoms with Crippen LogP contribution >= 0.6 is 0 Å². The SMILES string of the molecule is Cc1nc(N2CCN(C(=O)[C@H]3CCC[C@H](N)C3)CC2)c2cnn(C)c2n1. The maximum absolute atomic E-state index is 12.8. The molecule has 4 rings (SSSR count). The molecule has 8 nitrogen and oxygen atoms in total. The summed E-state index contributed by atoms with van der Waals surface area (Å²) in [5.41, 5.74) is 6.91. The summed E-state index contributed by atoms with van der Waals surface area (Å²) < 4.78 is 1.78. The summed E-state index contributed by atoms with van der Waals surface area (Å²) in [6.45, 7) is 4.93. The number of hydrogen-bond acceptors (Lipinski definition) is 6. The van der Waals surface area contributed by atoms with Crippen molar-refractivity contribution >= 4 is 22.8 Å². The van der Waals surface area contributed by atoms with Crippen molar-refractivity contribution in [2.24, 2.45) is 18.7 Å². The lowest BCUT2D eigenvalue weighted by molar-refractivity contribution is -0.137. The highest BCUT2D eigenvalue weighted by molar-refractivity contribution is 5.87. The zero-order chi connectivity index (χ0) is 18.3. The van der Waals surface area contributed by atoms with Crippen molar-refractivity contribution in [1.29, 1.82) is 0 Å². The number of anilines is 1. The molecular formula is C18H27N7O. The first-order chi connectivity index (χ1) is 12.5. The smallest absolute Gasteiger partial charge is 0.225 e. The van der Waals surface area contributed by atoms with Gasteiger partial charge in [0.05, 0.1) is 11.6 Å². The van der Waals surface area contributed by atoms with E-state index >= 15 is 0 Å². The van der Waals surface area contributed by atoms with Crippen molar-refractivity contribution in [3.05, 3.63) is 12.0 Å².